The summed E-state index contributed by atoms with van der Waals surface area (Å²) >= 11 is 6.49. The standard InChI is InChI=1S/C16H19ClN4O/c1-4-9-18-15-12(16(22)21(5-2)6-3)13(17)11-8-7-10-19-14(11)20-15/h4,7-8,10H,1,5-6,9H2,2-3H3,(H,18,19,20). The van der Waals surface area contributed by atoms with Crippen molar-refractivity contribution in [2.75, 3.05) is 25.0 Å². The summed E-state index contributed by atoms with van der Waals surface area (Å²) in [5.41, 5.74) is 0.892. The second-order valence-corrected chi connectivity index (χ2v) is 5.05. The molecule has 2 aromatic heterocycles. The average Bonchev–Trinajstić information content (AvgIpc) is 2.54. The van der Waals surface area contributed by atoms with Gasteiger partial charge in [-0.15, -0.1) is 6.58 Å². The van der Waals surface area contributed by atoms with Crippen LogP contribution in [0.3, 0.4) is 0 Å². The molecule has 5 nitrogen and oxygen atoms in total. The molecule has 0 atom stereocenters. The Morgan fingerprint density at radius 3 is 2.82 bits per heavy atom. The lowest BCUT2D eigenvalue weighted by Crippen LogP contribution is -2.31. The number of aromatic nitrogens is 2. The SMILES string of the molecule is C=CCNc1nc2ncccc2c(Cl)c1C(=O)N(CC)CC. The lowest BCUT2D eigenvalue weighted by molar-refractivity contribution is 0.0774. The lowest BCUT2D eigenvalue weighted by atomic mass is 10.1. The van der Waals surface area contributed by atoms with Gasteiger partial charge in [-0.05, 0) is 26.0 Å². The predicted molar refractivity (Wildman–Crippen MR) is 90.5 cm³/mol. The number of nitrogens with one attached hydrogen (secondary N) is 1. The molecule has 0 unspecified atom stereocenters. The average molecular weight is 319 g/mol. The molecular formula is C16H19ClN4O. The van der Waals surface area contributed by atoms with E-state index in [1.807, 2.05) is 19.9 Å². The van der Waals surface area contributed by atoms with Gasteiger partial charge in [-0.25, -0.2) is 9.97 Å². The number of nitrogens with zero attached hydrogens (tertiary/aromatic N) is 3. The highest BCUT2D eigenvalue weighted by Crippen LogP contribution is 2.31. The molecule has 0 radical (unpaired) electrons. The minimum absolute atomic E-state index is 0.139. The van der Waals surface area contributed by atoms with Gasteiger partial charge in [-0.3, -0.25) is 4.79 Å². The molecule has 2 aromatic rings. The van der Waals surface area contributed by atoms with Crippen LogP contribution in [0.5, 0.6) is 0 Å². The van der Waals surface area contributed by atoms with Gasteiger partial charge in [-0.2, -0.15) is 0 Å². The monoisotopic (exact) mass is 318 g/mol. The number of rotatable bonds is 6. The van der Waals surface area contributed by atoms with Gasteiger partial charge < -0.3 is 10.2 Å². The molecule has 2 heterocycles. The fourth-order valence-corrected chi connectivity index (χ4v) is 2.54. The van der Waals surface area contributed by atoms with Crippen LogP contribution in [0, 0.1) is 0 Å². The Kier molecular flexibility index (Phi) is 5.33. The summed E-state index contributed by atoms with van der Waals surface area (Å²) in [7, 11) is 0. The van der Waals surface area contributed by atoms with Crippen LogP contribution in [0.4, 0.5) is 5.82 Å². The maximum atomic E-state index is 12.8. The third-order valence-electron chi connectivity index (χ3n) is 3.38. The Labute approximate surface area is 135 Å². The quantitative estimate of drug-likeness (QED) is 0.830. The topological polar surface area (TPSA) is 58.1 Å². The minimum Gasteiger partial charge on any atom is -0.366 e. The molecule has 0 saturated carbocycles. The maximum Gasteiger partial charge on any atom is 0.259 e. The minimum atomic E-state index is -0.139. The van der Waals surface area contributed by atoms with Crippen LogP contribution in [0.2, 0.25) is 5.02 Å². The van der Waals surface area contributed by atoms with E-state index in [2.05, 4.69) is 21.9 Å². The summed E-state index contributed by atoms with van der Waals surface area (Å²) in [6.45, 7) is 9.24. The van der Waals surface area contributed by atoms with Crippen molar-refractivity contribution < 1.29 is 4.79 Å². The van der Waals surface area contributed by atoms with Crippen LogP contribution >= 0.6 is 11.6 Å². The zero-order chi connectivity index (χ0) is 16.1. The molecule has 0 aliphatic rings. The van der Waals surface area contributed by atoms with Crippen LogP contribution < -0.4 is 5.32 Å². The zero-order valence-electron chi connectivity index (χ0n) is 12.8. The van der Waals surface area contributed by atoms with Crippen molar-refractivity contribution in [2.45, 2.75) is 13.8 Å². The fourth-order valence-electron chi connectivity index (χ4n) is 2.22. The van der Waals surface area contributed by atoms with E-state index in [9.17, 15) is 4.79 Å². The van der Waals surface area contributed by atoms with Gasteiger partial charge in [0.15, 0.2) is 5.65 Å². The van der Waals surface area contributed by atoms with E-state index >= 15 is 0 Å². The molecule has 1 N–H and O–H groups in total. The van der Waals surface area contributed by atoms with E-state index in [1.165, 1.54) is 0 Å². The van der Waals surface area contributed by atoms with Crippen molar-refractivity contribution in [3.63, 3.8) is 0 Å². The van der Waals surface area contributed by atoms with Gasteiger partial charge in [0, 0.05) is 31.2 Å². The molecule has 0 spiro atoms. The number of hydrogen-bond acceptors (Lipinski definition) is 4. The van der Waals surface area contributed by atoms with Crippen LogP contribution in [-0.4, -0.2) is 40.4 Å². The molecule has 116 valence electrons. The molecule has 2 rings (SSSR count). The van der Waals surface area contributed by atoms with Gasteiger partial charge >= 0.3 is 0 Å². The number of pyridine rings is 2. The van der Waals surface area contributed by atoms with Gasteiger partial charge in [0.25, 0.3) is 5.91 Å². The first kappa shape index (κ1) is 16.2. The summed E-state index contributed by atoms with van der Waals surface area (Å²) in [5.74, 6) is 0.299. The molecule has 22 heavy (non-hydrogen) atoms. The van der Waals surface area contributed by atoms with Crippen molar-refractivity contribution in [3.05, 3.63) is 41.6 Å². The van der Waals surface area contributed by atoms with Crippen LogP contribution in [0.25, 0.3) is 11.0 Å². The summed E-state index contributed by atoms with van der Waals surface area (Å²) < 4.78 is 0. The normalized spacial score (nSPS) is 10.5. The smallest absolute Gasteiger partial charge is 0.259 e. The summed E-state index contributed by atoms with van der Waals surface area (Å²) in [5, 5.41) is 4.13. The van der Waals surface area contributed by atoms with E-state index in [-0.39, 0.29) is 5.91 Å². The van der Waals surface area contributed by atoms with Crippen LogP contribution in [0.1, 0.15) is 24.2 Å². The fraction of sp³-hybridized carbons (Fsp3) is 0.312. The van der Waals surface area contributed by atoms with Crippen molar-refractivity contribution in [1.82, 2.24) is 14.9 Å². The maximum absolute atomic E-state index is 12.8. The van der Waals surface area contributed by atoms with Crippen LogP contribution in [-0.2, 0) is 0 Å². The van der Waals surface area contributed by atoms with E-state index in [4.69, 9.17) is 11.6 Å². The largest absolute Gasteiger partial charge is 0.366 e. The molecule has 0 aliphatic heterocycles. The van der Waals surface area contributed by atoms with Gasteiger partial charge in [-0.1, -0.05) is 17.7 Å². The highest BCUT2D eigenvalue weighted by atomic mass is 35.5. The third-order valence-corrected chi connectivity index (χ3v) is 3.77. The second-order valence-electron chi connectivity index (χ2n) is 4.67. The Morgan fingerprint density at radius 1 is 1.45 bits per heavy atom. The van der Waals surface area contributed by atoms with Crippen molar-refractivity contribution in [2.24, 2.45) is 0 Å². The van der Waals surface area contributed by atoms with Crippen molar-refractivity contribution in [1.29, 1.82) is 0 Å². The van der Waals surface area contributed by atoms with Gasteiger partial charge in [0.05, 0.1) is 5.02 Å². The number of halogens is 1. The highest BCUT2D eigenvalue weighted by Gasteiger charge is 2.23. The summed E-state index contributed by atoms with van der Waals surface area (Å²) in [4.78, 5) is 23.1. The summed E-state index contributed by atoms with van der Waals surface area (Å²) in [6.07, 6.45) is 3.35. The van der Waals surface area contributed by atoms with Gasteiger partial charge in [0.2, 0.25) is 0 Å². The van der Waals surface area contributed by atoms with E-state index in [0.717, 1.165) is 0 Å². The predicted octanol–water partition coefficient (Wildman–Crippen LogP) is 3.36. The number of carbonyl (C=O) groups excluding carboxylic acids is 1. The second kappa shape index (κ2) is 7.22. The Hall–Kier alpha value is -2.14. The van der Waals surface area contributed by atoms with E-state index < -0.39 is 0 Å². The first-order chi connectivity index (χ1) is 10.6. The molecule has 0 aromatic carbocycles. The molecule has 0 bridgehead atoms. The number of amides is 1. The van der Waals surface area contributed by atoms with Crippen molar-refractivity contribution in [3.8, 4) is 0 Å². The number of fused-ring (bicyclic) bond motifs is 1. The number of anilines is 1. The molecule has 0 aliphatic carbocycles. The third kappa shape index (κ3) is 3.04. The summed E-state index contributed by atoms with van der Waals surface area (Å²) in [6, 6.07) is 3.59. The molecular weight excluding hydrogens is 300 g/mol. The lowest BCUT2D eigenvalue weighted by Gasteiger charge is -2.21. The highest BCUT2D eigenvalue weighted by molar-refractivity contribution is 6.39. The van der Waals surface area contributed by atoms with E-state index in [1.54, 1.807) is 23.2 Å². The molecule has 6 heteroatoms. The van der Waals surface area contributed by atoms with Gasteiger partial charge in [0.1, 0.15) is 11.4 Å². The molecule has 1 amide bonds. The number of carbonyl (C=O) groups is 1. The molecule has 0 fully saturated rings. The van der Waals surface area contributed by atoms with E-state index in [0.29, 0.717) is 47.1 Å². The van der Waals surface area contributed by atoms with Crippen molar-refractivity contribution >= 4 is 34.4 Å². The first-order valence-electron chi connectivity index (χ1n) is 7.22. The molecule has 0 saturated heterocycles. The number of hydrogen-bond donors (Lipinski definition) is 1. The Morgan fingerprint density at radius 2 is 2.18 bits per heavy atom. The Bertz CT molecular complexity index is 698. The van der Waals surface area contributed by atoms with Crippen LogP contribution in [0.15, 0.2) is 31.0 Å². The zero-order valence-corrected chi connectivity index (χ0v) is 13.5. The first-order valence-corrected chi connectivity index (χ1v) is 7.60. The Balaban J connectivity index is 2.64.